The molecule has 122 valence electrons. The summed E-state index contributed by atoms with van der Waals surface area (Å²) in [5, 5.41) is 2.16. The second-order valence-corrected chi connectivity index (χ2v) is 4.34. The van der Waals surface area contributed by atoms with Crippen molar-refractivity contribution >= 4 is 18.0 Å². The molecule has 0 aliphatic heterocycles. The van der Waals surface area contributed by atoms with Crippen LogP contribution < -0.4 is 5.32 Å². The number of hydrogen-bond acceptors (Lipinski definition) is 6. The van der Waals surface area contributed by atoms with E-state index in [2.05, 4.69) is 10.1 Å². The van der Waals surface area contributed by atoms with E-state index in [0.29, 0.717) is 12.8 Å². The van der Waals surface area contributed by atoms with Crippen molar-refractivity contribution in [2.45, 2.75) is 52.5 Å². The first-order chi connectivity index (χ1) is 10.1. The Bertz CT molecular complexity index is 309. The van der Waals surface area contributed by atoms with Gasteiger partial charge in [0.15, 0.2) is 0 Å². The number of alkyl carbamates (subject to hydrolysis) is 1. The molecular weight excluding hydrogens is 278 g/mol. The zero-order chi connectivity index (χ0) is 16.1. The summed E-state index contributed by atoms with van der Waals surface area (Å²) in [7, 11) is 0. The van der Waals surface area contributed by atoms with Gasteiger partial charge in [-0.05, 0) is 19.8 Å². The fourth-order valence-electron chi connectivity index (χ4n) is 1.31. The lowest BCUT2D eigenvalue weighted by Crippen LogP contribution is -2.48. The highest BCUT2D eigenvalue weighted by Gasteiger charge is 2.32. The predicted molar refractivity (Wildman–Crippen MR) is 75.7 cm³/mol. The van der Waals surface area contributed by atoms with Crippen LogP contribution in [0, 0.1) is 0 Å². The van der Waals surface area contributed by atoms with Crippen LogP contribution in [0.1, 0.15) is 46.5 Å². The topological polar surface area (TPSA) is 90.9 Å². The highest BCUT2D eigenvalue weighted by atomic mass is 16.6. The summed E-state index contributed by atoms with van der Waals surface area (Å²) in [6, 6.07) is -1.49. The maximum Gasteiger partial charge on any atom is 0.408 e. The van der Waals surface area contributed by atoms with E-state index in [0.717, 1.165) is 12.8 Å². The van der Waals surface area contributed by atoms with Crippen LogP contribution in [-0.2, 0) is 23.8 Å². The third-order valence-corrected chi connectivity index (χ3v) is 2.49. The van der Waals surface area contributed by atoms with E-state index in [1.165, 1.54) is 0 Å². The van der Waals surface area contributed by atoms with Crippen LogP contribution in [0.15, 0.2) is 0 Å². The number of unbranched alkanes of at least 4 members (excludes halogenated alkanes) is 2. The van der Waals surface area contributed by atoms with Crippen molar-refractivity contribution in [2.24, 2.45) is 0 Å². The number of hydrogen-bond donors (Lipinski definition) is 1. The number of nitrogens with one attached hydrogen (secondary N) is 1. The molecule has 1 N–H and O–H groups in total. The Morgan fingerprint density at radius 1 is 0.857 bits per heavy atom. The van der Waals surface area contributed by atoms with E-state index in [1.807, 2.05) is 13.8 Å². The van der Waals surface area contributed by atoms with E-state index >= 15 is 0 Å². The molecule has 0 bridgehead atoms. The highest BCUT2D eigenvalue weighted by Crippen LogP contribution is 1.99. The SMILES string of the molecule is CCCCOC(=O)C(NC(=O)OCC)C(=O)OCCCC. The molecule has 0 fully saturated rings. The molecule has 0 rings (SSSR count). The molecule has 0 aromatic carbocycles. The van der Waals surface area contributed by atoms with Crippen LogP contribution in [0.4, 0.5) is 4.79 Å². The van der Waals surface area contributed by atoms with E-state index < -0.39 is 24.1 Å². The van der Waals surface area contributed by atoms with Gasteiger partial charge in [0.1, 0.15) is 0 Å². The van der Waals surface area contributed by atoms with Crippen molar-refractivity contribution in [3.8, 4) is 0 Å². The van der Waals surface area contributed by atoms with Gasteiger partial charge in [0.05, 0.1) is 19.8 Å². The molecule has 0 aromatic rings. The summed E-state index contributed by atoms with van der Waals surface area (Å²) in [5.41, 5.74) is 0. The van der Waals surface area contributed by atoms with E-state index in [1.54, 1.807) is 6.92 Å². The van der Waals surface area contributed by atoms with Gasteiger partial charge in [-0.15, -0.1) is 0 Å². The Kier molecular flexibility index (Phi) is 11.0. The molecule has 7 nitrogen and oxygen atoms in total. The van der Waals surface area contributed by atoms with Crippen LogP contribution in [0.25, 0.3) is 0 Å². The van der Waals surface area contributed by atoms with Crippen LogP contribution in [0.5, 0.6) is 0 Å². The Labute approximate surface area is 125 Å². The summed E-state index contributed by atoms with van der Waals surface area (Å²) in [6.45, 7) is 6.03. The lowest BCUT2D eigenvalue weighted by molar-refractivity contribution is -0.158. The molecule has 0 aliphatic rings. The second-order valence-electron chi connectivity index (χ2n) is 4.34. The summed E-state index contributed by atoms with van der Waals surface area (Å²) < 4.78 is 14.5. The van der Waals surface area contributed by atoms with Gasteiger partial charge in [-0.3, -0.25) is 5.32 Å². The zero-order valence-corrected chi connectivity index (χ0v) is 13.0. The van der Waals surface area contributed by atoms with Gasteiger partial charge in [-0.25, -0.2) is 14.4 Å². The smallest absolute Gasteiger partial charge is 0.408 e. The number of ether oxygens (including phenoxy) is 3. The highest BCUT2D eigenvalue weighted by molar-refractivity contribution is 6.01. The summed E-state index contributed by atoms with van der Waals surface area (Å²) >= 11 is 0. The average Bonchev–Trinajstić information content (AvgIpc) is 2.45. The normalized spacial score (nSPS) is 10.1. The number of amides is 1. The van der Waals surface area contributed by atoms with Gasteiger partial charge in [-0.1, -0.05) is 26.7 Å². The van der Waals surface area contributed by atoms with Crippen molar-refractivity contribution < 1.29 is 28.6 Å². The molecule has 0 heterocycles. The Morgan fingerprint density at radius 3 is 1.71 bits per heavy atom. The van der Waals surface area contributed by atoms with Gasteiger partial charge in [0.2, 0.25) is 6.04 Å². The minimum absolute atomic E-state index is 0.133. The minimum Gasteiger partial charge on any atom is -0.464 e. The molecule has 0 saturated carbocycles. The molecule has 0 radical (unpaired) electrons. The van der Waals surface area contributed by atoms with E-state index in [-0.39, 0.29) is 19.8 Å². The van der Waals surface area contributed by atoms with Gasteiger partial charge < -0.3 is 14.2 Å². The lowest BCUT2D eigenvalue weighted by Gasteiger charge is -2.16. The van der Waals surface area contributed by atoms with Crippen LogP contribution in [0.2, 0.25) is 0 Å². The fourth-order valence-corrected chi connectivity index (χ4v) is 1.31. The Hall–Kier alpha value is -1.79. The first-order valence-corrected chi connectivity index (χ1v) is 7.33. The van der Waals surface area contributed by atoms with Gasteiger partial charge >= 0.3 is 18.0 Å². The van der Waals surface area contributed by atoms with Crippen molar-refractivity contribution in [3.05, 3.63) is 0 Å². The zero-order valence-electron chi connectivity index (χ0n) is 13.0. The van der Waals surface area contributed by atoms with E-state index in [4.69, 9.17) is 9.47 Å². The van der Waals surface area contributed by atoms with E-state index in [9.17, 15) is 14.4 Å². The average molecular weight is 303 g/mol. The molecule has 0 atom stereocenters. The second kappa shape index (κ2) is 12.0. The molecular formula is C14H25NO6. The standard InChI is InChI=1S/C14H25NO6/c1-4-7-9-20-12(16)11(15-14(18)19-6-3)13(17)21-10-8-5-2/h11H,4-10H2,1-3H3,(H,15,18). The molecule has 0 spiro atoms. The molecule has 7 heteroatoms. The van der Waals surface area contributed by atoms with Crippen LogP contribution >= 0.6 is 0 Å². The molecule has 21 heavy (non-hydrogen) atoms. The maximum absolute atomic E-state index is 11.8. The number of carbonyl (C=O) groups is 3. The first kappa shape index (κ1) is 19.2. The van der Waals surface area contributed by atoms with Crippen molar-refractivity contribution in [2.75, 3.05) is 19.8 Å². The molecule has 1 amide bonds. The van der Waals surface area contributed by atoms with Crippen LogP contribution in [0.3, 0.4) is 0 Å². The van der Waals surface area contributed by atoms with Gasteiger partial charge in [0, 0.05) is 0 Å². The van der Waals surface area contributed by atoms with Crippen molar-refractivity contribution in [3.63, 3.8) is 0 Å². The molecule has 0 aliphatic carbocycles. The van der Waals surface area contributed by atoms with Gasteiger partial charge in [-0.2, -0.15) is 0 Å². The molecule has 0 aromatic heterocycles. The maximum atomic E-state index is 11.8. The molecule has 0 saturated heterocycles. The Balaban J connectivity index is 4.54. The van der Waals surface area contributed by atoms with Crippen molar-refractivity contribution in [1.82, 2.24) is 5.32 Å². The fraction of sp³-hybridized carbons (Fsp3) is 0.786. The third kappa shape index (κ3) is 8.88. The minimum atomic E-state index is -1.49. The first-order valence-electron chi connectivity index (χ1n) is 7.33. The number of rotatable bonds is 10. The quantitative estimate of drug-likeness (QED) is 0.286. The summed E-state index contributed by atoms with van der Waals surface area (Å²) in [4.78, 5) is 35.1. The number of carbonyl (C=O) groups excluding carboxylic acids is 3. The van der Waals surface area contributed by atoms with Crippen LogP contribution in [-0.4, -0.2) is 43.9 Å². The lowest BCUT2D eigenvalue weighted by atomic mass is 10.3. The largest absolute Gasteiger partial charge is 0.464 e. The number of esters is 2. The van der Waals surface area contributed by atoms with Gasteiger partial charge in [0.25, 0.3) is 0 Å². The monoisotopic (exact) mass is 303 g/mol. The van der Waals surface area contributed by atoms with Crippen molar-refractivity contribution in [1.29, 1.82) is 0 Å². The summed E-state index contributed by atoms with van der Waals surface area (Å²) in [6.07, 6.45) is 2.21. The molecule has 0 unspecified atom stereocenters. The third-order valence-electron chi connectivity index (χ3n) is 2.49. The Morgan fingerprint density at radius 2 is 1.33 bits per heavy atom. The predicted octanol–water partition coefficient (Wildman–Crippen LogP) is 1.79. The summed E-state index contributed by atoms with van der Waals surface area (Å²) in [5.74, 6) is -1.67.